The molecule has 118 valence electrons. The SMILES string of the molecule is COc1cc2c(cc1C1NC(=O)c3cccnc3N1)OC(C)C2. The molecule has 0 saturated carbocycles. The first kappa shape index (κ1) is 13.9. The van der Waals surface area contributed by atoms with Crippen molar-refractivity contribution in [3.05, 3.63) is 47.2 Å². The van der Waals surface area contributed by atoms with Crippen LogP contribution in [-0.2, 0) is 6.42 Å². The molecule has 2 aromatic rings. The predicted octanol–water partition coefficient (Wildman–Crippen LogP) is 2.27. The third kappa shape index (κ3) is 2.27. The third-order valence-corrected chi connectivity index (χ3v) is 4.17. The lowest BCUT2D eigenvalue weighted by atomic mass is 10.0. The Morgan fingerprint density at radius 1 is 1.35 bits per heavy atom. The number of amides is 1. The van der Waals surface area contributed by atoms with Crippen LogP contribution < -0.4 is 20.1 Å². The van der Waals surface area contributed by atoms with Gasteiger partial charge in [0.25, 0.3) is 5.91 Å². The van der Waals surface area contributed by atoms with E-state index in [4.69, 9.17) is 9.47 Å². The largest absolute Gasteiger partial charge is 0.496 e. The van der Waals surface area contributed by atoms with E-state index in [2.05, 4.69) is 15.6 Å². The molecule has 4 rings (SSSR count). The van der Waals surface area contributed by atoms with Gasteiger partial charge in [0.05, 0.1) is 12.7 Å². The molecule has 3 heterocycles. The zero-order valence-electron chi connectivity index (χ0n) is 12.9. The number of aromatic nitrogens is 1. The quantitative estimate of drug-likeness (QED) is 0.890. The second kappa shape index (κ2) is 5.15. The van der Waals surface area contributed by atoms with Gasteiger partial charge in [-0.25, -0.2) is 4.98 Å². The fourth-order valence-electron chi connectivity index (χ4n) is 3.10. The molecule has 2 atom stereocenters. The highest BCUT2D eigenvalue weighted by atomic mass is 16.5. The Morgan fingerprint density at radius 2 is 2.22 bits per heavy atom. The lowest BCUT2D eigenvalue weighted by molar-refractivity contribution is 0.0934. The number of nitrogens with zero attached hydrogens (tertiary/aromatic N) is 1. The van der Waals surface area contributed by atoms with Crippen molar-refractivity contribution in [2.75, 3.05) is 12.4 Å². The summed E-state index contributed by atoms with van der Waals surface area (Å²) in [6.45, 7) is 2.03. The Morgan fingerprint density at radius 3 is 3.04 bits per heavy atom. The summed E-state index contributed by atoms with van der Waals surface area (Å²) in [7, 11) is 1.63. The Bertz CT molecular complexity index is 791. The first-order chi connectivity index (χ1) is 11.2. The molecule has 1 aromatic carbocycles. The lowest BCUT2D eigenvalue weighted by Crippen LogP contribution is -2.39. The third-order valence-electron chi connectivity index (χ3n) is 4.17. The van der Waals surface area contributed by atoms with Crippen LogP contribution in [0.3, 0.4) is 0 Å². The highest BCUT2D eigenvalue weighted by Gasteiger charge is 2.30. The van der Waals surface area contributed by atoms with E-state index in [0.717, 1.165) is 29.0 Å². The molecule has 6 nitrogen and oxygen atoms in total. The summed E-state index contributed by atoms with van der Waals surface area (Å²) in [6, 6.07) is 7.40. The van der Waals surface area contributed by atoms with E-state index in [1.54, 1.807) is 25.4 Å². The molecular formula is C17H17N3O3. The number of carbonyl (C=O) groups is 1. The predicted molar refractivity (Wildman–Crippen MR) is 84.9 cm³/mol. The molecule has 0 bridgehead atoms. The minimum absolute atomic E-state index is 0.154. The van der Waals surface area contributed by atoms with Gasteiger partial charge in [0.2, 0.25) is 0 Å². The van der Waals surface area contributed by atoms with Crippen molar-refractivity contribution in [2.45, 2.75) is 25.6 Å². The number of methoxy groups -OCH3 is 1. The summed E-state index contributed by atoms with van der Waals surface area (Å²) in [4.78, 5) is 16.5. The van der Waals surface area contributed by atoms with Gasteiger partial charge >= 0.3 is 0 Å². The van der Waals surface area contributed by atoms with Gasteiger partial charge in [-0.05, 0) is 31.2 Å². The number of fused-ring (bicyclic) bond motifs is 2. The number of hydrogen-bond donors (Lipinski definition) is 2. The molecule has 2 aliphatic heterocycles. The molecule has 23 heavy (non-hydrogen) atoms. The van der Waals surface area contributed by atoms with Crippen molar-refractivity contribution in [2.24, 2.45) is 0 Å². The molecule has 2 aliphatic rings. The van der Waals surface area contributed by atoms with E-state index >= 15 is 0 Å². The zero-order valence-corrected chi connectivity index (χ0v) is 12.9. The molecule has 0 spiro atoms. The number of benzene rings is 1. The van der Waals surface area contributed by atoms with Gasteiger partial charge in [0, 0.05) is 23.7 Å². The van der Waals surface area contributed by atoms with Gasteiger partial charge in [-0.3, -0.25) is 4.79 Å². The number of anilines is 1. The number of hydrogen-bond acceptors (Lipinski definition) is 5. The maximum atomic E-state index is 12.3. The molecule has 0 fully saturated rings. The van der Waals surface area contributed by atoms with Crippen LogP contribution in [0.25, 0.3) is 0 Å². The smallest absolute Gasteiger partial charge is 0.256 e. The van der Waals surface area contributed by atoms with Crippen LogP contribution in [-0.4, -0.2) is 24.1 Å². The molecule has 0 aliphatic carbocycles. The molecule has 0 radical (unpaired) electrons. The van der Waals surface area contributed by atoms with Gasteiger partial charge in [-0.2, -0.15) is 0 Å². The normalized spacial score (nSPS) is 21.6. The first-order valence-corrected chi connectivity index (χ1v) is 7.55. The molecule has 2 N–H and O–H groups in total. The second-order valence-electron chi connectivity index (χ2n) is 5.78. The number of rotatable bonds is 2. The Balaban J connectivity index is 1.74. The van der Waals surface area contributed by atoms with Crippen LogP contribution in [0.5, 0.6) is 11.5 Å². The van der Waals surface area contributed by atoms with Gasteiger partial charge in [0.1, 0.15) is 29.6 Å². The summed E-state index contributed by atoms with van der Waals surface area (Å²) < 4.78 is 11.3. The molecule has 0 saturated heterocycles. The van der Waals surface area contributed by atoms with E-state index in [0.29, 0.717) is 11.4 Å². The molecule has 1 aromatic heterocycles. The summed E-state index contributed by atoms with van der Waals surface area (Å²) in [5.41, 5.74) is 2.48. The van der Waals surface area contributed by atoms with Crippen LogP contribution in [0.4, 0.5) is 5.82 Å². The van der Waals surface area contributed by atoms with Crippen LogP contribution in [0.1, 0.15) is 34.6 Å². The van der Waals surface area contributed by atoms with Gasteiger partial charge < -0.3 is 20.1 Å². The van der Waals surface area contributed by atoms with Crippen molar-refractivity contribution >= 4 is 11.7 Å². The zero-order chi connectivity index (χ0) is 16.0. The molecule has 6 heteroatoms. The van der Waals surface area contributed by atoms with E-state index in [1.165, 1.54) is 0 Å². The Labute approximate surface area is 133 Å². The van der Waals surface area contributed by atoms with Gasteiger partial charge in [-0.15, -0.1) is 0 Å². The number of pyridine rings is 1. The standard InChI is InChI=1S/C17H17N3O3/c1-9-6-10-7-14(22-2)12(8-13(10)23-9)16-19-15-11(17(21)20-16)4-3-5-18-15/h3-5,7-9,16H,6H2,1-2H3,(H,18,19)(H,20,21). The van der Waals surface area contributed by atoms with E-state index in [9.17, 15) is 4.79 Å². The summed E-state index contributed by atoms with van der Waals surface area (Å²) >= 11 is 0. The fraction of sp³-hybridized carbons (Fsp3) is 0.294. The van der Waals surface area contributed by atoms with Crippen LogP contribution >= 0.6 is 0 Å². The van der Waals surface area contributed by atoms with Crippen LogP contribution in [0, 0.1) is 0 Å². The van der Waals surface area contributed by atoms with Crippen molar-refractivity contribution in [1.82, 2.24) is 10.3 Å². The summed E-state index contributed by atoms with van der Waals surface area (Å²) in [6.07, 6.45) is 2.26. The Hall–Kier alpha value is -2.76. The van der Waals surface area contributed by atoms with Crippen LogP contribution in [0.15, 0.2) is 30.5 Å². The maximum Gasteiger partial charge on any atom is 0.256 e. The highest BCUT2D eigenvalue weighted by Crippen LogP contribution is 2.38. The average Bonchev–Trinajstić information content (AvgIpc) is 2.92. The first-order valence-electron chi connectivity index (χ1n) is 7.55. The average molecular weight is 311 g/mol. The maximum absolute atomic E-state index is 12.3. The van der Waals surface area contributed by atoms with E-state index in [-0.39, 0.29) is 12.0 Å². The highest BCUT2D eigenvalue weighted by molar-refractivity contribution is 6.00. The second-order valence-corrected chi connectivity index (χ2v) is 5.78. The van der Waals surface area contributed by atoms with E-state index in [1.807, 2.05) is 19.1 Å². The summed E-state index contributed by atoms with van der Waals surface area (Å²) in [5.74, 6) is 1.97. The number of ether oxygens (including phenoxy) is 2. The van der Waals surface area contributed by atoms with Crippen molar-refractivity contribution in [1.29, 1.82) is 0 Å². The topological polar surface area (TPSA) is 72.5 Å². The van der Waals surface area contributed by atoms with Gasteiger partial charge in [-0.1, -0.05) is 0 Å². The lowest BCUT2D eigenvalue weighted by Gasteiger charge is -2.28. The Kier molecular flexibility index (Phi) is 3.11. The molecule has 2 unspecified atom stereocenters. The molecule has 1 amide bonds. The minimum Gasteiger partial charge on any atom is -0.496 e. The van der Waals surface area contributed by atoms with Crippen LogP contribution in [0.2, 0.25) is 0 Å². The number of nitrogens with one attached hydrogen (secondary N) is 2. The van der Waals surface area contributed by atoms with Crippen molar-refractivity contribution < 1.29 is 14.3 Å². The minimum atomic E-state index is -0.412. The van der Waals surface area contributed by atoms with E-state index < -0.39 is 6.17 Å². The molecular weight excluding hydrogens is 294 g/mol. The fourth-order valence-corrected chi connectivity index (χ4v) is 3.10. The van der Waals surface area contributed by atoms with Crippen molar-refractivity contribution in [3.8, 4) is 11.5 Å². The number of carbonyl (C=O) groups excluding carboxylic acids is 1. The van der Waals surface area contributed by atoms with Gasteiger partial charge in [0.15, 0.2) is 0 Å². The monoisotopic (exact) mass is 311 g/mol. The van der Waals surface area contributed by atoms with Crippen molar-refractivity contribution in [3.63, 3.8) is 0 Å². The summed E-state index contributed by atoms with van der Waals surface area (Å²) in [5, 5.41) is 6.18.